The van der Waals surface area contributed by atoms with Crippen LogP contribution in [0.1, 0.15) is 38.3 Å². The lowest BCUT2D eigenvalue weighted by atomic mass is 10.1. The molecule has 0 aliphatic carbocycles. The van der Waals surface area contributed by atoms with Crippen molar-refractivity contribution in [2.45, 2.75) is 13.8 Å². The topological polar surface area (TPSA) is 126 Å². The third-order valence-electron chi connectivity index (χ3n) is 4.33. The molecule has 0 spiro atoms. The fraction of sp³-hybridized carbons (Fsp3) is 0.0833. The van der Waals surface area contributed by atoms with E-state index < -0.39 is 11.9 Å². The summed E-state index contributed by atoms with van der Waals surface area (Å²) in [6, 6.07) is 10.1. The summed E-state index contributed by atoms with van der Waals surface area (Å²) >= 11 is 1.59. The number of carbonyl (C=O) groups is 2. The third kappa shape index (κ3) is 5.47. The molecule has 0 amide bonds. The fourth-order valence-corrected chi connectivity index (χ4v) is 3.45. The van der Waals surface area contributed by atoms with Crippen LogP contribution in [-0.2, 0) is 4.79 Å². The van der Waals surface area contributed by atoms with Crippen LogP contribution in [0.3, 0.4) is 0 Å². The Bertz CT molecular complexity index is 1330. The first-order chi connectivity index (χ1) is 15.3. The number of nitrogens with two attached hydrogens (primary N) is 1. The maximum absolute atomic E-state index is 11.6. The monoisotopic (exact) mass is 445 g/mol. The zero-order valence-corrected chi connectivity index (χ0v) is 18.1. The average Bonchev–Trinajstić information content (AvgIpc) is 3.20. The number of hydrogen-bond donors (Lipinski definition) is 3. The zero-order chi connectivity index (χ0) is 23.3. The van der Waals surface area contributed by atoms with Gasteiger partial charge in [-0.1, -0.05) is 17.9 Å². The highest BCUT2D eigenvalue weighted by Crippen LogP contribution is 2.21. The number of carboxylic acid groups (broad SMARTS) is 2. The molecule has 0 saturated heterocycles. The van der Waals surface area contributed by atoms with Gasteiger partial charge in [0, 0.05) is 16.6 Å². The predicted octanol–water partition coefficient (Wildman–Crippen LogP) is 3.94. The van der Waals surface area contributed by atoms with Crippen molar-refractivity contribution >= 4 is 29.0 Å². The SMILES string of the molecule is C/C=C(\C=C(/N)c1cc(C(=O)O)cc(-c2cc(C#Cc3ccc(C)s3)ccn2)n1)C(=O)O. The Morgan fingerprint density at radius 2 is 1.88 bits per heavy atom. The van der Waals surface area contributed by atoms with Crippen LogP contribution in [0, 0.1) is 18.8 Å². The molecule has 7 nitrogen and oxygen atoms in total. The van der Waals surface area contributed by atoms with Crippen molar-refractivity contribution in [3.05, 3.63) is 86.9 Å². The molecular formula is C24H19N3O4S. The molecule has 4 N–H and O–H groups in total. The van der Waals surface area contributed by atoms with Gasteiger partial charge in [-0.2, -0.15) is 0 Å². The molecule has 0 atom stereocenters. The minimum Gasteiger partial charge on any atom is -0.478 e. The van der Waals surface area contributed by atoms with Gasteiger partial charge in [-0.15, -0.1) is 11.3 Å². The largest absolute Gasteiger partial charge is 0.478 e. The van der Waals surface area contributed by atoms with Crippen LogP contribution < -0.4 is 5.73 Å². The van der Waals surface area contributed by atoms with Crippen molar-refractivity contribution in [2.24, 2.45) is 5.73 Å². The number of nitrogens with zero attached hydrogens (tertiary/aromatic N) is 2. The molecule has 0 aromatic carbocycles. The van der Waals surface area contributed by atoms with Gasteiger partial charge in [-0.05, 0) is 56.3 Å². The Hall–Kier alpha value is -4.22. The Kier molecular flexibility index (Phi) is 6.83. The number of aromatic nitrogens is 2. The van der Waals surface area contributed by atoms with Crippen LogP contribution in [-0.4, -0.2) is 32.1 Å². The second kappa shape index (κ2) is 9.73. The number of pyridine rings is 2. The highest BCUT2D eigenvalue weighted by molar-refractivity contribution is 7.12. The molecule has 8 heteroatoms. The first-order valence-corrected chi connectivity index (χ1v) is 10.3. The van der Waals surface area contributed by atoms with Crippen molar-refractivity contribution in [3.8, 4) is 23.2 Å². The molecule has 0 unspecified atom stereocenters. The van der Waals surface area contributed by atoms with Crippen LogP contribution in [0.4, 0.5) is 0 Å². The minimum atomic E-state index is -1.17. The first kappa shape index (κ1) is 22.5. The molecule has 0 saturated carbocycles. The Balaban J connectivity index is 2.04. The first-order valence-electron chi connectivity index (χ1n) is 9.44. The molecule has 0 aliphatic rings. The molecule has 3 rings (SSSR count). The standard InChI is InChI=1S/C24H19N3O4S/c1-3-16(23(28)29)11-19(25)20-12-17(24(30)31)13-22(27-20)21-10-15(8-9-26-21)5-7-18-6-4-14(2)32-18/h3-4,6,8-13H,25H2,1-2H3,(H,28,29)(H,30,31)/b16-3+,19-11-. The summed E-state index contributed by atoms with van der Waals surface area (Å²) in [5.41, 5.74) is 7.49. The second-order valence-corrected chi connectivity index (χ2v) is 7.96. The van der Waals surface area contributed by atoms with E-state index in [1.807, 2.05) is 19.1 Å². The lowest BCUT2D eigenvalue weighted by Crippen LogP contribution is -2.07. The van der Waals surface area contributed by atoms with Crippen LogP contribution in [0.5, 0.6) is 0 Å². The Labute approximate surface area is 188 Å². The molecule has 0 bridgehead atoms. The van der Waals surface area contributed by atoms with E-state index in [0.29, 0.717) is 11.3 Å². The van der Waals surface area contributed by atoms with Crippen LogP contribution >= 0.6 is 11.3 Å². The van der Waals surface area contributed by atoms with Crippen molar-refractivity contribution in [3.63, 3.8) is 0 Å². The molecule has 0 aliphatic heterocycles. The molecule has 0 radical (unpaired) electrons. The van der Waals surface area contributed by atoms with E-state index in [-0.39, 0.29) is 28.2 Å². The summed E-state index contributed by atoms with van der Waals surface area (Å²) < 4.78 is 0. The highest BCUT2D eigenvalue weighted by atomic mass is 32.1. The van der Waals surface area contributed by atoms with E-state index in [0.717, 1.165) is 4.88 Å². The lowest BCUT2D eigenvalue weighted by molar-refractivity contribution is -0.132. The summed E-state index contributed by atoms with van der Waals surface area (Å²) in [6.45, 7) is 3.57. The van der Waals surface area contributed by atoms with Gasteiger partial charge in [0.2, 0.25) is 0 Å². The number of aliphatic carboxylic acids is 1. The van der Waals surface area contributed by atoms with Gasteiger partial charge in [0.1, 0.15) is 0 Å². The fourth-order valence-electron chi connectivity index (χ4n) is 2.73. The summed E-state index contributed by atoms with van der Waals surface area (Å²) in [5, 5.41) is 18.7. The summed E-state index contributed by atoms with van der Waals surface area (Å²) in [4.78, 5) is 33.7. The van der Waals surface area contributed by atoms with Crippen molar-refractivity contribution in [1.29, 1.82) is 0 Å². The Morgan fingerprint density at radius 1 is 1.09 bits per heavy atom. The number of rotatable bonds is 5. The maximum Gasteiger partial charge on any atom is 0.335 e. The van der Waals surface area contributed by atoms with Gasteiger partial charge < -0.3 is 15.9 Å². The van der Waals surface area contributed by atoms with Gasteiger partial charge >= 0.3 is 11.9 Å². The van der Waals surface area contributed by atoms with Gasteiger partial charge in [0.15, 0.2) is 0 Å². The number of aromatic carboxylic acids is 1. The van der Waals surface area contributed by atoms with Crippen LogP contribution in [0.25, 0.3) is 17.1 Å². The summed E-state index contributed by atoms with van der Waals surface area (Å²) in [7, 11) is 0. The van der Waals surface area contributed by atoms with Crippen LogP contribution in [0.2, 0.25) is 0 Å². The van der Waals surface area contributed by atoms with Gasteiger partial charge in [-0.25, -0.2) is 14.6 Å². The zero-order valence-electron chi connectivity index (χ0n) is 17.3. The van der Waals surface area contributed by atoms with Gasteiger partial charge in [0.25, 0.3) is 0 Å². The van der Waals surface area contributed by atoms with E-state index in [1.165, 1.54) is 29.2 Å². The number of hydrogen-bond acceptors (Lipinski definition) is 6. The minimum absolute atomic E-state index is 0.0221. The molecule has 0 fully saturated rings. The van der Waals surface area contributed by atoms with Gasteiger partial charge in [-0.3, -0.25) is 4.98 Å². The molecular weight excluding hydrogens is 426 g/mol. The average molecular weight is 446 g/mol. The normalized spacial score (nSPS) is 11.6. The Morgan fingerprint density at radius 3 is 2.50 bits per heavy atom. The third-order valence-corrected chi connectivity index (χ3v) is 5.25. The van der Waals surface area contributed by atoms with Crippen molar-refractivity contribution < 1.29 is 19.8 Å². The van der Waals surface area contributed by atoms with Crippen molar-refractivity contribution in [1.82, 2.24) is 9.97 Å². The van der Waals surface area contributed by atoms with Gasteiger partial charge in [0.05, 0.1) is 38.8 Å². The van der Waals surface area contributed by atoms with E-state index in [4.69, 9.17) is 5.73 Å². The molecule has 3 heterocycles. The second-order valence-electron chi connectivity index (χ2n) is 6.67. The number of allylic oxidation sites excluding steroid dienone is 1. The quantitative estimate of drug-likeness (QED) is 0.308. The van der Waals surface area contributed by atoms with E-state index in [1.54, 1.807) is 36.6 Å². The van der Waals surface area contributed by atoms with Crippen LogP contribution in [0.15, 0.2) is 60.3 Å². The van der Waals surface area contributed by atoms with E-state index >= 15 is 0 Å². The summed E-state index contributed by atoms with van der Waals surface area (Å²) in [5.74, 6) is 3.84. The van der Waals surface area contributed by atoms with Crippen molar-refractivity contribution in [2.75, 3.05) is 0 Å². The molecule has 3 aromatic rings. The highest BCUT2D eigenvalue weighted by Gasteiger charge is 2.14. The maximum atomic E-state index is 11.6. The number of aryl methyl sites for hydroxylation is 1. The van der Waals surface area contributed by atoms with E-state index in [9.17, 15) is 19.8 Å². The summed E-state index contributed by atoms with van der Waals surface area (Å²) in [6.07, 6.45) is 4.18. The molecule has 160 valence electrons. The predicted molar refractivity (Wildman–Crippen MR) is 123 cm³/mol. The number of thiophene rings is 1. The van der Waals surface area contributed by atoms with E-state index in [2.05, 4.69) is 21.8 Å². The smallest absolute Gasteiger partial charge is 0.335 e. The molecule has 3 aromatic heterocycles. The lowest BCUT2D eigenvalue weighted by Gasteiger charge is -2.08. The molecule has 32 heavy (non-hydrogen) atoms. The number of carboxylic acids is 2.